The molecule has 350 valence electrons. The summed E-state index contributed by atoms with van der Waals surface area (Å²) >= 11 is 0. The van der Waals surface area contributed by atoms with Crippen LogP contribution in [-0.4, -0.2) is 95.9 Å². The second-order valence-corrected chi connectivity index (χ2v) is 19.8. The number of benzene rings is 2. The van der Waals surface area contributed by atoms with Gasteiger partial charge in [-0.3, -0.25) is 0 Å². The molecule has 0 spiro atoms. The Morgan fingerprint density at radius 3 is 1.98 bits per heavy atom. The van der Waals surface area contributed by atoms with Gasteiger partial charge in [0.05, 0.1) is 35.5 Å². The van der Waals surface area contributed by atoms with Crippen LogP contribution in [0.1, 0.15) is 100.0 Å². The van der Waals surface area contributed by atoms with Crippen LogP contribution in [0.5, 0.6) is 0 Å². The molecule has 4 atom stereocenters. The molecule has 4 saturated heterocycles. The first kappa shape index (κ1) is 44.6. The molecule has 8 heterocycles. The number of hydrogen-bond donors (Lipinski definition) is 1. The lowest BCUT2D eigenvalue weighted by atomic mass is 9.98. The monoisotopic (exact) mass is 905 g/mol. The first-order valence-corrected chi connectivity index (χ1v) is 24.1. The quantitative estimate of drug-likeness (QED) is 0.112. The summed E-state index contributed by atoms with van der Waals surface area (Å²) in [5.41, 5.74) is 5.88. The first-order valence-electron chi connectivity index (χ1n) is 24.1. The van der Waals surface area contributed by atoms with Gasteiger partial charge in [0, 0.05) is 85.1 Å². The van der Waals surface area contributed by atoms with Crippen molar-refractivity contribution in [3.8, 4) is 22.8 Å². The van der Waals surface area contributed by atoms with E-state index in [1.54, 1.807) is 12.1 Å². The molecule has 13 nitrogen and oxygen atoms in total. The van der Waals surface area contributed by atoms with E-state index in [1.165, 1.54) is 0 Å². The van der Waals surface area contributed by atoms with Crippen molar-refractivity contribution in [3.63, 3.8) is 0 Å². The van der Waals surface area contributed by atoms with Crippen LogP contribution in [0.25, 0.3) is 44.6 Å². The van der Waals surface area contributed by atoms with Crippen molar-refractivity contribution < 1.29 is 32.1 Å². The Labute approximate surface area is 385 Å². The Bertz CT molecular complexity index is 2800. The number of anilines is 2. The molecule has 0 amide bonds. The molecule has 4 aromatic heterocycles. The van der Waals surface area contributed by atoms with E-state index >= 15 is 8.78 Å². The Morgan fingerprint density at radius 2 is 1.38 bits per heavy atom. The van der Waals surface area contributed by atoms with Gasteiger partial charge >= 0.3 is 11.7 Å². The lowest BCUT2D eigenvalue weighted by Gasteiger charge is -2.36. The molecule has 0 radical (unpaired) electrons. The number of aryl methyl sites for hydroxylation is 6. The SMILES string of the molecule is CCc1cc(F)c2nc(N3CC[C@](C)(N(C[C@H]4CCCO4)[n+]4oc(-c5c(N6CC[C@](C)(NC[C@H]7CCCO7)C6)nc6c(F)cc(CC)cc6c5C)nc4C)C3)c(-c3cc(C)no3)c(C)c2c1. The molecule has 0 aliphatic carbocycles. The van der Waals surface area contributed by atoms with Gasteiger partial charge in [0.1, 0.15) is 39.9 Å². The zero-order valence-electron chi connectivity index (χ0n) is 39.8. The Kier molecular flexibility index (Phi) is 11.8. The summed E-state index contributed by atoms with van der Waals surface area (Å²) < 4.78 is 57.3. The summed E-state index contributed by atoms with van der Waals surface area (Å²) in [6.45, 7) is 22.0. The van der Waals surface area contributed by atoms with Crippen molar-refractivity contribution in [2.24, 2.45) is 0 Å². The summed E-state index contributed by atoms with van der Waals surface area (Å²) in [5.74, 6) is 2.34. The predicted molar refractivity (Wildman–Crippen MR) is 252 cm³/mol. The number of nitrogens with zero attached hydrogens (tertiary/aromatic N) is 8. The molecular formula is C51H64F2N9O4+. The topological polar surface area (TPSA) is 122 Å². The maximum atomic E-state index is 16.1. The van der Waals surface area contributed by atoms with Crippen molar-refractivity contribution in [2.45, 2.75) is 130 Å². The number of rotatable bonds is 13. The highest BCUT2D eigenvalue weighted by Crippen LogP contribution is 2.43. The van der Waals surface area contributed by atoms with Gasteiger partial charge in [0.15, 0.2) is 5.76 Å². The van der Waals surface area contributed by atoms with Crippen LogP contribution in [0.3, 0.4) is 0 Å². The molecule has 0 unspecified atom stereocenters. The largest absolute Gasteiger partial charge is 0.391 e. The van der Waals surface area contributed by atoms with E-state index < -0.39 is 5.54 Å². The van der Waals surface area contributed by atoms with E-state index in [-0.39, 0.29) is 29.4 Å². The fourth-order valence-electron chi connectivity index (χ4n) is 10.9. The highest BCUT2D eigenvalue weighted by molar-refractivity contribution is 5.95. The number of ether oxygens (including phenoxy) is 2. The van der Waals surface area contributed by atoms with Crippen molar-refractivity contribution >= 4 is 33.4 Å². The molecule has 6 aromatic rings. The molecule has 4 aliphatic heterocycles. The molecule has 4 aliphatic rings. The van der Waals surface area contributed by atoms with E-state index in [0.29, 0.717) is 85.8 Å². The zero-order chi connectivity index (χ0) is 46.1. The minimum atomic E-state index is -0.522. The third-order valence-electron chi connectivity index (χ3n) is 14.9. The van der Waals surface area contributed by atoms with E-state index in [2.05, 4.69) is 45.2 Å². The second-order valence-electron chi connectivity index (χ2n) is 19.8. The van der Waals surface area contributed by atoms with E-state index in [1.807, 2.05) is 58.5 Å². The predicted octanol–water partition coefficient (Wildman–Crippen LogP) is 8.54. The molecule has 66 heavy (non-hydrogen) atoms. The van der Waals surface area contributed by atoms with Gasteiger partial charge in [-0.25, -0.2) is 23.3 Å². The highest BCUT2D eigenvalue weighted by atomic mass is 19.1. The Hall–Kier alpha value is -5.25. The van der Waals surface area contributed by atoms with Crippen LogP contribution in [0.2, 0.25) is 0 Å². The second kappa shape index (κ2) is 17.4. The number of aromatic nitrogens is 5. The molecule has 4 fully saturated rings. The number of halogens is 2. The zero-order valence-corrected chi connectivity index (χ0v) is 39.8. The summed E-state index contributed by atoms with van der Waals surface area (Å²) in [6, 6.07) is 9.22. The van der Waals surface area contributed by atoms with Crippen LogP contribution < -0.4 is 25.0 Å². The van der Waals surface area contributed by atoms with Gasteiger partial charge in [-0.15, -0.1) is 0 Å². The average molecular weight is 905 g/mol. The van der Waals surface area contributed by atoms with E-state index in [0.717, 1.165) is 108 Å². The molecule has 15 heteroatoms. The summed E-state index contributed by atoms with van der Waals surface area (Å²) in [5, 5.41) is 11.9. The number of nitrogens with one attached hydrogen (secondary N) is 1. The average Bonchev–Trinajstić information content (AvgIpc) is 4.17. The van der Waals surface area contributed by atoms with Crippen molar-refractivity contribution in [3.05, 3.63) is 75.7 Å². The summed E-state index contributed by atoms with van der Waals surface area (Å²) in [7, 11) is 0. The maximum absolute atomic E-state index is 16.1. The van der Waals surface area contributed by atoms with Gasteiger partial charge in [0.25, 0.3) is 0 Å². The smallest absolute Gasteiger partial charge is 0.377 e. The molecule has 10 rings (SSSR count). The van der Waals surface area contributed by atoms with E-state index in [9.17, 15) is 0 Å². The number of pyridine rings is 2. The van der Waals surface area contributed by atoms with Crippen LogP contribution in [-0.2, 0) is 22.3 Å². The Morgan fingerprint density at radius 1 is 0.773 bits per heavy atom. The van der Waals surface area contributed by atoms with Crippen LogP contribution in [0.15, 0.2) is 39.4 Å². The molecule has 2 aromatic carbocycles. The molecule has 0 saturated carbocycles. The lowest BCUT2D eigenvalue weighted by molar-refractivity contribution is -0.868. The van der Waals surface area contributed by atoms with Gasteiger partial charge in [-0.1, -0.05) is 19.0 Å². The normalized spacial score (nSPS) is 23.4. The number of fused-ring (bicyclic) bond motifs is 2. The number of hydrogen-bond acceptors (Lipinski definition) is 12. The van der Waals surface area contributed by atoms with Gasteiger partial charge in [-0.2, -0.15) is 5.01 Å². The van der Waals surface area contributed by atoms with Crippen molar-refractivity contribution in [1.82, 2.24) is 25.4 Å². The molecule has 1 N–H and O–H groups in total. The lowest BCUT2D eigenvalue weighted by Crippen LogP contribution is -2.70. The van der Waals surface area contributed by atoms with Crippen LogP contribution >= 0.6 is 0 Å². The fourth-order valence-corrected chi connectivity index (χ4v) is 10.9. The minimum absolute atomic E-state index is 0.0218. The van der Waals surface area contributed by atoms with Crippen molar-refractivity contribution in [1.29, 1.82) is 0 Å². The third kappa shape index (κ3) is 8.08. The molecule has 0 bridgehead atoms. The first-order chi connectivity index (χ1) is 31.7. The standard InChI is InChI=1S/C51H64F2N9O4/c1-9-34-22-38-31(4)43(42-21-30(3)58-65-42)47(56-45(38)40(52)24-34)60-18-16-51(8,29-60)61(27-37-14-12-20-64-37)62-33(6)55-49(66-62)44-32(5)39-23-35(10-2)25-41(53)46(39)57-48(44)59-17-15-50(7,28-59)54-26-36-13-11-19-63-36/h21-25,36-37,54H,9-20,26-29H2,1-8H3/q+1/t36-,37-,50+,51+/m1/s1. The van der Waals surface area contributed by atoms with Gasteiger partial charge in [0.2, 0.25) is 0 Å². The fraction of sp³-hybridized carbons (Fsp3) is 0.549. The van der Waals surface area contributed by atoms with Crippen LogP contribution in [0, 0.1) is 39.3 Å². The highest BCUT2D eigenvalue weighted by Gasteiger charge is 2.48. The van der Waals surface area contributed by atoms with E-state index in [4.69, 9.17) is 33.5 Å². The Balaban J connectivity index is 1.05. The van der Waals surface area contributed by atoms with Gasteiger partial charge in [-0.05, 0) is 133 Å². The van der Waals surface area contributed by atoms with Gasteiger partial charge < -0.3 is 29.1 Å². The van der Waals surface area contributed by atoms with Crippen LogP contribution in [0.4, 0.5) is 20.4 Å². The summed E-state index contributed by atoms with van der Waals surface area (Å²) in [4.78, 5) is 21.8. The molecular weight excluding hydrogens is 841 g/mol. The summed E-state index contributed by atoms with van der Waals surface area (Å²) in [6.07, 6.45) is 7.29. The minimum Gasteiger partial charge on any atom is -0.377 e. The van der Waals surface area contributed by atoms with Crippen molar-refractivity contribution in [2.75, 3.05) is 67.3 Å². The third-order valence-corrected chi connectivity index (χ3v) is 14.9. The maximum Gasteiger partial charge on any atom is 0.391 e.